The Bertz CT molecular complexity index is 352. The van der Waals surface area contributed by atoms with Crippen molar-refractivity contribution in [1.82, 2.24) is 20.5 Å². The van der Waals surface area contributed by atoms with Gasteiger partial charge in [-0.2, -0.15) is 0 Å². The summed E-state index contributed by atoms with van der Waals surface area (Å²) in [5.74, 6) is 0. The second-order valence-electron chi connectivity index (χ2n) is 6.23. The summed E-state index contributed by atoms with van der Waals surface area (Å²) in [5.41, 5.74) is 1.46. The summed E-state index contributed by atoms with van der Waals surface area (Å²) in [6.07, 6.45) is 2.00. The van der Waals surface area contributed by atoms with Crippen molar-refractivity contribution in [3.05, 3.63) is 24.0 Å². The summed E-state index contributed by atoms with van der Waals surface area (Å²) >= 11 is 0. The summed E-state index contributed by atoms with van der Waals surface area (Å²) in [4.78, 5) is 5.88. The minimum atomic E-state index is 0.159. The van der Waals surface area contributed by atoms with Gasteiger partial charge >= 0.3 is 0 Å². The molecule has 4 heteroatoms. The Morgan fingerprint density at radius 2 is 2.11 bits per heavy atom. The molecule has 108 valence electrons. The first-order valence-corrected chi connectivity index (χ1v) is 7.39. The van der Waals surface area contributed by atoms with Crippen LogP contribution >= 0.6 is 0 Å². The number of aromatic nitrogens is 1. The monoisotopic (exact) mass is 264 g/mol. The van der Waals surface area contributed by atoms with Gasteiger partial charge in [0.05, 0.1) is 0 Å². The van der Waals surface area contributed by atoms with Crippen LogP contribution in [0.2, 0.25) is 0 Å². The summed E-state index contributed by atoms with van der Waals surface area (Å²) in [7, 11) is 0. The molecule has 0 aliphatic carbocycles. The average Bonchev–Trinajstić information content (AvgIpc) is 2.94. The Hall–Kier alpha value is -0.840. The third-order valence-electron chi connectivity index (χ3n) is 4.11. The summed E-state index contributed by atoms with van der Waals surface area (Å²) in [6, 6.07) is 4.85. The Morgan fingerprint density at radius 3 is 2.74 bits per heavy atom. The van der Waals surface area contributed by atoms with Crippen molar-refractivity contribution in [3.8, 4) is 0 Å². The topological polar surface area (TPSA) is 43.1 Å². The van der Waals surface area contributed by atoms with E-state index in [1.165, 1.54) is 18.8 Å². The molecule has 1 atom stereocenters. The lowest BCUT2D eigenvalue weighted by molar-refractivity contribution is 0.179. The van der Waals surface area contributed by atoms with Gasteiger partial charge < -0.3 is 15.6 Å². The van der Waals surface area contributed by atoms with Crippen molar-refractivity contribution >= 4 is 0 Å². The zero-order chi connectivity index (χ0) is 13.7. The van der Waals surface area contributed by atoms with Crippen molar-refractivity contribution < 1.29 is 0 Å². The van der Waals surface area contributed by atoms with Crippen molar-refractivity contribution in [1.29, 1.82) is 0 Å². The number of piperazine rings is 1. The van der Waals surface area contributed by atoms with Crippen LogP contribution in [0.5, 0.6) is 0 Å². The second-order valence-corrected chi connectivity index (χ2v) is 6.23. The van der Waals surface area contributed by atoms with E-state index in [4.69, 9.17) is 0 Å². The lowest BCUT2D eigenvalue weighted by Crippen LogP contribution is -2.51. The number of H-pyrrole nitrogens is 1. The van der Waals surface area contributed by atoms with Crippen LogP contribution in [0.4, 0.5) is 0 Å². The van der Waals surface area contributed by atoms with Gasteiger partial charge in [0.2, 0.25) is 0 Å². The first-order chi connectivity index (χ1) is 9.09. The normalized spacial score (nSPS) is 19.5. The molecule has 0 aromatic carbocycles. The van der Waals surface area contributed by atoms with E-state index in [1.807, 2.05) is 6.20 Å². The van der Waals surface area contributed by atoms with Crippen LogP contribution < -0.4 is 10.6 Å². The Kier molecular flexibility index (Phi) is 5.02. The van der Waals surface area contributed by atoms with E-state index in [9.17, 15) is 0 Å². The number of nitrogens with one attached hydrogen (secondary N) is 3. The van der Waals surface area contributed by atoms with Gasteiger partial charge in [0.25, 0.3) is 0 Å². The first kappa shape index (κ1) is 14.6. The van der Waals surface area contributed by atoms with Crippen LogP contribution in [0, 0.1) is 0 Å². The van der Waals surface area contributed by atoms with Crippen molar-refractivity contribution in [2.24, 2.45) is 0 Å². The Morgan fingerprint density at radius 1 is 1.37 bits per heavy atom. The first-order valence-electron chi connectivity index (χ1n) is 7.39. The largest absolute Gasteiger partial charge is 0.365 e. The van der Waals surface area contributed by atoms with Crippen molar-refractivity contribution in [3.63, 3.8) is 0 Å². The van der Waals surface area contributed by atoms with Gasteiger partial charge in [-0.05, 0) is 19.1 Å². The van der Waals surface area contributed by atoms with E-state index in [0.717, 1.165) is 26.2 Å². The molecule has 0 radical (unpaired) electrons. The number of nitrogens with zero attached hydrogens (tertiary/aromatic N) is 1. The molecule has 1 fully saturated rings. The van der Waals surface area contributed by atoms with E-state index in [2.05, 4.69) is 53.4 Å². The smallest absolute Gasteiger partial charge is 0.0217 e. The molecular formula is C15H28N4. The molecule has 2 rings (SSSR count). The van der Waals surface area contributed by atoms with Gasteiger partial charge in [-0.1, -0.05) is 13.8 Å². The molecule has 1 saturated heterocycles. The summed E-state index contributed by atoms with van der Waals surface area (Å²) < 4.78 is 0. The Labute approximate surface area is 117 Å². The van der Waals surface area contributed by atoms with Gasteiger partial charge in [0.1, 0.15) is 0 Å². The fourth-order valence-corrected chi connectivity index (χ4v) is 2.69. The number of hydrogen-bond acceptors (Lipinski definition) is 3. The highest BCUT2D eigenvalue weighted by atomic mass is 15.2. The fourth-order valence-electron chi connectivity index (χ4n) is 2.69. The van der Waals surface area contributed by atoms with Gasteiger partial charge in [0.15, 0.2) is 0 Å². The molecule has 1 aliphatic heterocycles. The quantitative estimate of drug-likeness (QED) is 0.723. The molecule has 0 spiro atoms. The zero-order valence-electron chi connectivity index (χ0n) is 12.5. The van der Waals surface area contributed by atoms with Crippen LogP contribution in [-0.2, 0) is 5.41 Å². The van der Waals surface area contributed by atoms with Gasteiger partial charge in [-0.25, -0.2) is 0 Å². The van der Waals surface area contributed by atoms with Crippen LogP contribution in [0.3, 0.4) is 0 Å². The Balaban J connectivity index is 1.73. The molecule has 0 saturated carbocycles. The zero-order valence-corrected chi connectivity index (χ0v) is 12.5. The third kappa shape index (κ3) is 4.06. The fraction of sp³-hybridized carbons (Fsp3) is 0.733. The highest BCUT2D eigenvalue weighted by molar-refractivity contribution is 5.15. The van der Waals surface area contributed by atoms with Crippen LogP contribution in [0.25, 0.3) is 0 Å². The van der Waals surface area contributed by atoms with E-state index < -0.39 is 0 Å². The number of rotatable bonds is 6. The van der Waals surface area contributed by atoms with E-state index in [1.54, 1.807) is 0 Å². The summed E-state index contributed by atoms with van der Waals surface area (Å²) in [5, 5.41) is 7.03. The summed E-state index contributed by atoms with van der Waals surface area (Å²) in [6.45, 7) is 13.5. The predicted octanol–water partition coefficient (Wildman–Crippen LogP) is 1.18. The van der Waals surface area contributed by atoms with Gasteiger partial charge in [-0.3, -0.25) is 4.90 Å². The van der Waals surface area contributed by atoms with Crippen LogP contribution in [-0.4, -0.2) is 55.2 Å². The van der Waals surface area contributed by atoms with Crippen LogP contribution in [0.1, 0.15) is 26.5 Å². The maximum atomic E-state index is 3.63. The van der Waals surface area contributed by atoms with Gasteiger partial charge in [-0.15, -0.1) is 0 Å². The molecule has 1 aromatic heterocycles. The number of hydrogen-bond donors (Lipinski definition) is 3. The van der Waals surface area contributed by atoms with E-state index in [0.29, 0.717) is 6.04 Å². The molecule has 2 heterocycles. The highest BCUT2D eigenvalue weighted by Gasteiger charge is 2.22. The highest BCUT2D eigenvalue weighted by Crippen LogP contribution is 2.19. The molecule has 19 heavy (non-hydrogen) atoms. The molecule has 4 nitrogen and oxygen atoms in total. The third-order valence-corrected chi connectivity index (χ3v) is 4.11. The average molecular weight is 264 g/mol. The standard InChI is InChI=1S/C15H28N4/c1-13(19-9-7-16-8-10-19)11-17-12-15(2,3)14-5-4-6-18-14/h4-6,13,16-18H,7-12H2,1-3H3. The molecule has 1 unspecified atom stereocenters. The van der Waals surface area contributed by atoms with E-state index >= 15 is 0 Å². The second kappa shape index (κ2) is 6.55. The molecule has 1 aliphatic rings. The predicted molar refractivity (Wildman–Crippen MR) is 80.6 cm³/mol. The minimum absolute atomic E-state index is 0.159. The molecule has 0 bridgehead atoms. The van der Waals surface area contributed by atoms with Crippen molar-refractivity contribution in [2.45, 2.75) is 32.2 Å². The lowest BCUT2D eigenvalue weighted by Gasteiger charge is -2.34. The SMILES string of the molecule is CC(CNCC(C)(C)c1ccc[nH]1)N1CCNCC1. The van der Waals surface area contributed by atoms with Crippen molar-refractivity contribution in [2.75, 3.05) is 39.3 Å². The lowest BCUT2D eigenvalue weighted by atomic mass is 9.89. The maximum Gasteiger partial charge on any atom is 0.0217 e. The molecule has 1 aromatic rings. The van der Waals surface area contributed by atoms with Gasteiger partial charge in [0, 0.05) is 62.6 Å². The minimum Gasteiger partial charge on any atom is -0.365 e. The molecule has 3 N–H and O–H groups in total. The maximum absolute atomic E-state index is 3.63. The molecule has 0 amide bonds. The molecular weight excluding hydrogens is 236 g/mol. The van der Waals surface area contributed by atoms with E-state index in [-0.39, 0.29) is 5.41 Å². The van der Waals surface area contributed by atoms with Crippen LogP contribution in [0.15, 0.2) is 18.3 Å². The number of aromatic amines is 1.